The monoisotopic (exact) mass is 331 g/mol. The molecule has 2 unspecified atom stereocenters. The van der Waals surface area contributed by atoms with E-state index in [1.54, 1.807) is 25.3 Å². The second-order valence-corrected chi connectivity index (χ2v) is 5.68. The summed E-state index contributed by atoms with van der Waals surface area (Å²) in [6.07, 6.45) is 3.18. The minimum atomic E-state index is -0.0987. The van der Waals surface area contributed by atoms with Gasteiger partial charge in [-0.15, -0.1) is 0 Å². The molecule has 1 N–H and O–H groups in total. The standard InChI is InChI=1S/C13H15BrClNO2/c1-18-12-4-2-3-11(12)16-13(17)8-5-6-9(14)10(15)7-8/h5-7,11-12H,2-4H2,1H3,(H,16,17). The Morgan fingerprint density at radius 3 is 2.94 bits per heavy atom. The zero-order valence-corrected chi connectivity index (χ0v) is 12.4. The van der Waals surface area contributed by atoms with Crippen LogP contribution < -0.4 is 5.32 Å². The number of methoxy groups -OCH3 is 1. The second kappa shape index (κ2) is 6.04. The molecule has 1 aromatic rings. The van der Waals surface area contributed by atoms with Crippen molar-refractivity contribution in [2.24, 2.45) is 0 Å². The van der Waals surface area contributed by atoms with Gasteiger partial charge in [-0.05, 0) is 53.4 Å². The molecule has 18 heavy (non-hydrogen) atoms. The van der Waals surface area contributed by atoms with Gasteiger partial charge in [-0.1, -0.05) is 11.6 Å². The van der Waals surface area contributed by atoms with Gasteiger partial charge in [-0.25, -0.2) is 0 Å². The van der Waals surface area contributed by atoms with E-state index in [1.807, 2.05) is 0 Å². The van der Waals surface area contributed by atoms with E-state index in [4.69, 9.17) is 16.3 Å². The first-order valence-corrected chi connectivity index (χ1v) is 7.07. The normalized spacial score (nSPS) is 23.1. The summed E-state index contributed by atoms with van der Waals surface area (Å²) in [7, 11) is 1.69. The highest BCUT2D eigenvalue weighted by Gasteiger charge is 2.28. The van der Waals surface area contributed by atoms with E-state index < -0.39 is 0 Å². The van der Waals surface area contributed by atoms with Crippen LogP contribution in [0.25, 0.3) is 0 Å². The number of nitrogens with one attached hydrogen (secondary N) is 1. The van der Waals surface area contributed by atoms with Crippen LogP contribution in [0.4, 0.5) is 0 Å². The van der Waals surface area contributed by atoms with Crippen LogP contribution in [0.2, 0.25) is 5.02 Å². The van der Waals surface area contributed by atoms with Crippen molar-refractivity contribution in [2.45, 2.75) is 31.4 Å². The molecule has 0 spiro atoms. The first-order chi connectivity index (χ1) is 8.61. The predicted octanol–water partition coefficient (Wildman–Crippen LogP) is 3.40. The number of halogens is 2. The average Bonchev–Trinajstić information content (AvgIpc) is 2.79. The molecule has 1 aliphatic rings. The first kappa shape index (κ1) is 13.8. The van der Waals surface area contributed by atoms with Crippen LogP contribution in [0.3, 0.4) is 0 Å². The molecule has 3 nitrogen and oxygen atoms in total. The van der Waals surface area contributed by atoms with Crippen LogP contribution >= 0.6 is 27.5 Å². The maximum atomic E-state index is 12.1. The molecule has 98 valence electrons. The van der Waals surface area contributed by atoms with Gasteiger partial charge in [0.05, 0.1) is 17.2 Å². The highest BCUT2D eigenvalue weighted by atomic mass is 79.9. The number of carbonyl (C=O) groups excluding carboxylic acids is 1. The SMILES string of the molecule is COC1CCCC1NC(=O)c1ccc(Br)c(Cl)c1. The second-order valence-electron chi connectivity index (χ2n) is 4.41. The van der Waals surface area contributed by atoms with E-state index in [0.717, 1.165) is 23.7 Å². The third kappa shape index (κ3) is 3.05. The molecule has 1 fully saturated rings. The molecule has 1 aliphatic carbocycles. The summed E-state index contributed by atoms with van der Waals surface area (Å²) in [6.45, 7) is 0. The smallest absolute Gasteiger partial charge is 0.251 e. The minimum Gasteiger partial charge on any atom is -0.379 e. The number of amides is 1. The number of rotatable bonds is 3. The fourth-order valence-electron chi connectivity index (χ4n) is 2.26. The van der Waals surface area contributed by atoms with Gasteiger partial charge in [0, 0.05) is 17.1 Å². The molecule has 0 aliphatic heterocycles. The van der Waals surface area contributed by atoms with Crippen LogP contribution in [-0.2, 0) is 4.74 Å². The quantitative estimate of drug-likeness (QED) is 0.921. The summed E-state index contributed by atoms with van der Waals surface area (Å²) >= 11 is 9.28. The molecule has 2 atom stereocenters. The number of hydrogen-bond acceptors (Lipinski definition) is 2. The maximum absolute atomic E-state index is 12.1. The summed E-state index contributed by atoms with van der Waals surface area (Å²) in [6, 6.07) is 5.30. The van der Waals surface area contributed by atoms with Gasteiger partial charge < -0.3 is 10.1 Å². The highest BCUT2D eigenvalue weighted by Crippen LogP contribution is 2.24. The lowest BCUT2D eigenvalue weighted by atomic mass is 10.1. The summed E-state index contributed by atoms with van der Waals surface area (Å²) in [5.74, 6) is -0.0987. The lowest BCUT2D eigenvalue weighted by molar-refractivity contribution is 0.0722. The molecule has 1 saturated carbocycles. The molecule has 0 bridgehead atoms. The summed E-state index contributed by atoms with van der Waals surface area (Å²) in [4.78, 5) is 12.1. The third-order valence-electron chi connectivity index (χ3n) is 3.25. The van der Waals surface area contributed by atoms with Gasteiger partial charge >= 0.3 is 0 Å². The highest BCUT2D eigenvalue weighted by molar-refractivity contribution is 9.10. The Balaban J connectivity index is 2.05. The van der Waals surface area contributed by atoms with E-state index in [9.17, 15) is 4.79 Å². The van der Waals surface area contributed by atoms with E-state index >= 15 is 0 Å². The molecular weight excluding hydrogens is 318 g/mol. The zero-order chi connectivity index (χ0) is 13.1. The van der Waals surface area contributed by atoms with E-state index in [2.05, 4.69) is 21.2 Å². The van der Waals surface area contributed by atoms with Gasteiger partial charge in [0.15, 0.2) is 0 Å². The van der Waals surface area contributed by atoms with Gasteiger partial charge in [0.1, 0.15) is 0 Å². The van der Waals surface area contributed by atoms with E-state index in [0.29, 0.717) is 10.6 Å². The Morgan fingerprint density at radius 1 is 1.50 bits per heavy atom. The van der Waals surface area contributed by atoms with Gasteiger partial charge in [-0.3, -0.25) is 4.79 Å². The summed E-state index contributed by atoms with van der Waals surface area (Å²) < 4.78 is 6.14. The van der Waals surface area contributed by atoms with Crippen molar-refractivity contribution < 1.29 is 9.53 Å². The van der Waals surface area contributed by atoms with Gasteiger partial charge in [0.25, 0.3) is 5.91 Å². The predicted molar refractivity (Wildman–Crippen MR) is 75.1 cm³/mol. The van der Waals surface area contributed by atoms with Gasteiger partial charge in [0.2, 0.25) is 0 Å². The van der Waals surface area contributed by atoms with Crippen molar-refractivity contribution in [1.29, 1.82) is 0 Å². The maximum Gasteiger partial charge on any atom is 0.251 e. The molecule has 0 saturated heterocycles. The third-order valence-corrected chi connectivity index (χ3v) is 4.49. The lowest BCUT2D eigenvalue weighted by Crippen LogP contribution is -2.40. The average molecular weight is 333 g/mol. The molecule has 0 heterocycles. The number of hydrogen-bond donors (Lipinski definition) is 1. The molecule has 2 rings (SSSR count). The van der Waals surface area contributed by atoms with Crippen molar-refractivity contribution >= 4 is 33.4 Å². The number of benzene rings is 1. The fourth-order valence-corrected chi connectivity index (χ4v) is 2.69. The van der Waals surface area contributed by atoms with Crippen molar-refractivity contribution in [3.05, 3.63) is 33.3 Å². The van der Waals surface area contributed by atoms with Crippen molar-refractivity contribution in [3.8, 4) is 0 Å². The zero-order valence-electron chi connectivity index (χ0n) is 10.1. The lowest BCUT2D eigenvalue weighted by Gasteiger charge is -2.19. The minimum absolute atomic E-state index is 0.0987. The van der Waals surface area contributed by atoms with Crippen molar-refractivity contribution in [1.82, 2.24) is 5.32 Å². The molecule has 1 aromatic carbocycles. The molecule has 1 amide bonds. The molecular formula is C13H15BrClNO2. The molecule has 0 aromatic heterocycles. The Labute approximate surface area is 120 Å². The van der Waals surface area contributed by atoms with Crippen LogP contribution in [-0.4, -0.2) is 25.2 Å². The van der Waals surface area contributed by atoms with Crippen molar-refractivity contribution in [2.75, 3.05) is 7.11 Å². The van der Waals surface area contributed by atoms with Crippen LogP contribution in [0, 0.1) is 0 Å². The van der Waals surface area contributed by atoms with E-state index in [-0.39, 0.29) is 18.1 Å². The Kier molecular flexibility index (Phi) is 4.65. The number of carbonyl (C=O) groups is 1. The van der Waals surface area contributed by atoms with E-state index in [1.165, 1.54) is 0 Å². The summed E-state index contributed by atoms with van der Waals surface area (Å²) in [5.41, 5.74) is 0.574. The van der Waals surface area contributed by atoms with Crippen molar-refractivity contribution in [3.63, 3.8) is 0 Å². The van der Waals surface area contributed by atoms with Crippen LogP contribution in [0.5, 0.6) is 0 Å². The number of ether oxygens (including phenoxy) is 1. The molecule has 5 heteroatoms. The van der Waals surface area contributed by atoms with Gasteiger partial charge in [-0.2, -0.15) is 0 Å². The topological polar surface area (TPSA) is 38.3 Å². The Hall–Kier alpha value is -0.580. The summed E-state index contributed by atoms with van der Waals surface area (Å²) in [5, 5.41) is 3.54. The Morgan fingerprint density at radius 2 is 2.28 bits per heavy atom. The largest absolute Gasteiger partial charge is 0.379 e. The first-order valence-electron chi connectivity index (χ1n) is 5.90. The van der Waals surface area contributed by atoms with Crippen LogP contribution in [0.1, 0.15) is 29.6 Å². The Bertz CT molecular complexity index is 453. The fraction of sp³-hybridized carbons (Fsp3) is 0.462. The molecule has 0 radical (unpaired) electrons. The van der Waals surface area contributed by atoms with Crippen LogP contribution in [0.15, 0.2) is 22.7 Å².